The van der Waals surface area contributed by atoms with Gasteiger partial charge in [-0.15, -0.1) is 0 Å². The van der Waals surface area contributed by atoms with Gasteiger partial charge in [-0.2, -0.15) is 5.10 Å². The standard InChI is InChI=1S/C12H12Br3N3/c1-2-18-12(10(15)6-17-18)11(16)7-3-8(13)5-9(14)4-7/h3-6,11H,2,16H2,1H3. The first-order chi connectivity index (χ1) is 8.52. The van der Waals surface area contributed by atoms with E-state index in [9.17, 15) is 0 Å². The summed E-state index contributed by atoms with van der Waals surface area (Å²) in [6, 6.07) is 5.82. The summed E-state index contributed by atoms with van der Waals surface area (Å²) >= 11 is 10.5. The predicted molar refractivity (Wildman–Crippen MR) is 83.5 cm³/mol. The molecule has 0 amide bonds. The minimum atomic E-state index is -0.212. The first-order valence-corrected chi connectivity index (χ1v) is 7.83. The minimum absolute atomic E-state index is 0.212. The van der Waals surface area contributed by atoms with Crippen molar-refractivity contribution in [3.8, 4) is 0 Å². The van der Waals surface area contributed by atoms with Gasteiger partial charge in [-0.25, -0.2) is 0 Å². The lowest BCUT2D eigenvalue weighted by atomic mass is 10.0. The van der Waals surface area contributed by atoms with E-state index in [-0.39, 0.29) is 6.04 Å². The number of nitrogens with zero attached hydrogens (tertiary/aromatic N) is 2. The van der Waals surface area contributed by atoms with Crippen molar-refractivity contribution >= 4 is 47.8 Å². The molecule has 0 aliphatic rings. The fraction of sp³-hybridized carbons (Fsp3) is 0.250. The van der Waals surface area contributed by atoms with E-state index >= 15 is 0 Å². The zero-order valence-electron chi connectivity index (χ0n) is 9.70. The number of halogens is 3. The van der Waals surface area contributed by atoms with Crippen LogP contribution in [0.4, 0.5) is 0 Å². The summed E-state index contributed by atoms with van der Waals surface area (Å²) in [5.41, 5.74) is 8.37. The molecule has 1 aromatic carbocycles. The highest BCUT2D eigenvalue weighted by Crippen LogP contribution is 2.30. The third-order valence-corrected chi connectivity index (χ3v) is 4.20. The van der Waals surface area contributed by atoms with Crippen LogP contribution in [0.25, 0.3) is 0 Å². The van der Waals surface area contributed by atoms with Crippen LogP contribution in [0.1, 0.15) is 24.2 Å². The Balaban J connectivity index is 2.47. The van der Waals surface area contributed by atoms with Gasteiger partial charge >= 0.3 is 0 Å². The molecular weight excluding hydrogens is 426 g/mol. The fourth-order valence-electron chi connectivity index (χ4n) is 1.85. The van der Waals surface area contributed by atoms with Gasteiger partial charge in [0.1, 0.15) is 0 Å². The van der Waals surface area contributed by atoms with Crippen molar-refractivity contribution in [3.05, 3.63) is 49.1 Å². The Morgan fingerprint density at radius 2 is 1.83 bits per heavy atom. The zero-order valence-corrected chi connectivity index (χ0v) is 14.5. The second kappa shape index (κ2) is 5.86. The van der Waals surface area contributed by atoms with Crippen molar-refractivity contribution in [1.82, 2.24) is 9.78 Å². The van der Waals surface area contributed by atoms with Crippen LogP contribution in [0.15, 0.2) is 37.8 Å². The van der Waals surface area contributed by atoms with E-state index in [0.29, 0.717) is 0 Å². The Labute approximate surface area is 131 Å². The highest BCUT2D eigenvalue weighted by Gasteiger charge is 2.18. The van der Waals surface area contributed by atoms with E-state index in [1.54, 1.807) is 6.20 Å². The lowest BCUT2D eigenvalue weighted by molar-refractivity contribution is 0.599. The van der Waals surface area contributed by atoms with Crippen molar-refractivity contribution in [2.24, 2.45) is 5.73 Å². The highest BCUT2D eigenvalue weighted by atomic mass is 79.9. The average Bonchev–Trinajstić information content (AvgIpc) is 2.68. The number of hydrogen-bond donors (Lipinski definition) is 1. The molecule has 2 rings (SSSR count). The lowest BCUT2D eigenvalue weighted by Crippen LogP contribution is -2.17. The van der Waals surface area contributed by atoms with Gasteiger partial charge < -0.3 is 5.73 Å². The molecule has 18 heavy (non-hydrogen) atoms. The van der Waals surface area contributed by atoms with Gasteiger partial charge in [0.05, 0.1) is 22.4 Å². The summed E-state index contributed by atoms with van der Waals surface area (Å²) in [5, 5.41) is 4.29. The van der Waals surface area contributed by atoms with E-state index in [2.05, 4.69) is 52.9 Å². The Morgan fingerprint density at radius 3 is 2.39 bits per heavy atom. The summed E-state index contributed by atoms with van der Waals surface area (Å²) in [6.45, 7) is 2.84. The van der Waals surface area contributed by atoms with Crippen LogP contribution in [0.2, 0.25) is 0 Å². The second-order valence-electron chi connectivity index (χ2n) is 3.87. The lowest BCUT2D eigenvalue weighted by Gasteiger charge is -2.15. The molecule has 0 saturated heterocycles. The number of aryl methyl sites for hydroxylation is 1. The molecule has 1 aromatic heterocycles. The van der Waals surface area contributed by atoms with Crippen LogP contribution in [0.3, 0.4) is 0 Å². The first-order valence-electron chi connectivity index (χ1n) is 5.45. The number of rotatable bonds is 3. The molecule has 0 bridgehead atoms. The van der Waals surface area contributed by atoms with Crippen molar-refractivity contribution < 1.29 is 0 Å². The summed E-state index contributed by atoms with van der Waals surface area (Å²) < 4.78 is 4.85. The van der Waals surface area contributed by atoms with E-state index in [0.717, 1.165) is 31.2 Å². The van der Waals surface area contributed by atoms with Gasteiger partial charge in [0.25, 0.3) is 0 Å². The molecule has 3 nitrogen and oxygen atoms in total. The van der Waals surface area contributed by atoms with E-state index < -0.39 is 0 Å². The Hall–Kier alpha value is -0.170. The molecule has 0 saturated carbocycles. The van der Waals surface area contributed by atoms with Gasteiger partial charge in [0, 0.05) is 15.5 Å². The zero-order chi connectivity index (χ0) is 13.3. The number of nitrogens with two attached hydrogens (primary N) is 1. The molecule has 1 atom stereocenters. The Bertz CT molecular complexity index is 545. The molecule has 0 radical (unpaired) electrons. The maximum absolute atomic E-state index is 6.34. The van der Waals surface area contributed by atoms with Crippen LogP contribution in [0.5, 0.6) is 0 Å². The van der Waals surface area contributed by atoms with Crippen LogP contribution < -0.4 is 5.73 Å². The van der Waals surface area contributed by atoms with Crippen molar-refractivity contribution in [1.29, 1.82) is 0 Å². The molecule has 1 heterocycles. The molecule has 0 fully saturated rings. The quantitative estimate of drug-likeness (QED) is 0.780. The Kier molecular flexibility index (Phi) is 4.64. The maximum atomic E-state index is 6.34. The second-order valence-corrected chi connectivity index (χ2v) is 6.56. The molecule has 1 unspecified atom stereocenters. The predicted octanol–water partition coefficient (Wildman–Crippen LogP) is 4.24. The molecular formula is C12H12Br3N3. The van der Waals surface area contributed by atoms with Crippen molar-refractivity contribution in [3.63, 3.8) is 0 Å². The molecule has 96 valence electrons. The summed E-state index contributed by atoms with van der Waals surface area (Å²) in [7, 11) is 0. The fourth-order valence-corrected chi connectivity index (χ4v) is 3.72. The van der Waals surface area contributed by atoms with E-state index in [1.807, 2.05) is 29.8 Å². The van der Waals surface area contributed by atoms with Gasteiger partial charge in [-0.05, 0) is 46.6 Å². The molecule has 0 aliphatic carbocycles. The number of hydrogen-bond acceptors (Lipinski definition) is 2. The van der Waals surface area contributed by atoms with E-state index in [1.165, 1.54) is 0 Å². The third-order valence-electron chi connectivity index (χ3n) is 2.67. The van der Waals surface area contributed by atoms with Crippen molar-refractivity contribution in [2.75, 3.05) is 0 Å². The molecule has 0 spiro atoms. The topological polar surface area (TPSA) is 43.8 Å². The van der Waals surface area contributed by atoms with Gasteiger partial charge in [-0.3, -0.25) is 4.68 Å². The first kappa shape index (κ1) is 14.2. The summed E-state index contributed by atoms with van der Waals surface area (Å²) in [5.74, 6) is 0. The molecule has 0 aliphatic heterocycles. The third kappa shape index (κ3) is 2.87. The average molecular weight is 438 g/mol. The SMILES string of the molecule is CCn1ncc(Br)c1C(N)c1cc(Br)cc(Br)c1. The molecule has 2 N–H and O–H groups in total. The molecule has 6 heteroatoms. The van der Waals surface area contributed by atoms with Gasteiger partial charge in [-0.1, -0.05) is 31.9 Å². The monoisotopic (exact) mass is 435 g/mol. The Morgan fingerprint density at radius 1 is 1.22 bits per heavy atom. The van der Waals surface area contributed by atoms with Crippen LogP contribution in [-0.4, -0.2) is 9.78 Å². The smallest absolute Gasteiger partial charge is 0.0738 e. The van der Waals surface area contributed by atoms with Crippen LogP contribution >= 0.6 is 47.8 Å². The largest absolute Gasteiger partial charge is 0.319 e. The van der Waals surface area contributed by atoms with Crippen molar-refractivity contribution in [2.45, 2.75) is 19.5 Å². The summed E-state index contributed by atoms with van der Waals surface area (Å²) in [6.07, 6.45) is 1.78. The minimum Gasteiger partial charge on any atom is -0.319 e. The van der Waals surface area contributed by atoms with Gasteiger partial charge in [0.15, 0.2) is 0 Å². The normalized spacial score (nSPS) is 12.7. The summed E-state index contributed by atoms with van der Waals surface area (Å²) in [4.78, 5) is 0. The van der Waals surface area contributed by atoms with Crippen LogP contribution in [-0.2, 0) is 6.54 Å². The maximum Gasteiger partial charge on any atom is 0.0738 e. The van der Waals surface area contributed by atoms with Crippen LogP contribution in [0, 0.1) is 0 Å². The number of aromatic nitrogens is 2. The highest BCUT2D eigenvalue weighted by molar-refractivity contribution is 9.11. The molecule has 2 aromatic rings. The van der Waals surface area contributed by atoms with E-state index in [4.69, 9.17) is 5.73 Å². The van der Waals surface area contributed by atoms with Gasteiger partial charge in [0.2, 0.25) is 0 Å². The number of benzene rings is 1.